The molecule has 4 nitrogen and oxygen atoms in total. The molecule has 0 saturated carbocycles. The minimum atomic E-state index is -0.0441. The second-order valence-electron chi connectivity index (χ2n) is 4.25. The zero-order valence-electron chi connectivity index (χ0n) is 10.9. The van der Waals surface area contributed by atoms with Crippen molar-refractivity contribution in [2.45, 2.75) is 20.8 Å². The van der Waals surface area contributed by atoms with E-state index >= 15 is 0 Å². The Morgan fingerprint density at radius 1 is 1.28 bits per heavy atom. The average Bonchev–Trinajstić information content (AvgIpc) is 2.69. The summed E-state index contributed by atoms with van der Waals surface area (Å²) in [4.78, 5) is 11.6. The first-order chi connectivity index (χ1) is 8.61. The van der Waals surface area contributed by atoms with Gasteiger partial charge in [-0.3, -0.25) is 4.79 Å². The quantitative estimate of drug-likeness (QED) is 0.898. The molecular weight excluding hydrogens is 226 g/mol. The Balaban J connectivity index is 2.27. The van der Waals surface area contributed by atoms with Crippen molar-refractivity contribution in [2.75, 3.05) is 6.54 Å². The van der Waals surface area contributed by atoms with Gasteiger partial charge in [0.05, 0.1) is 11.4 Å². The zero-order chi connectivity index (χ0) is 13.1. The van der Waals surface area contributed by atoms with Crippen LogP contribution in [0.1, 0.15) is 28.7 Å². The Kier molecular flexibility index (Phi) is 3.46. The molecule has 0 fully saturated rings. The van der Waals surface area contributed by atoms with E-state index in [1.807, 2.05) is 55.8 Å². The smallest absolute Gasteiger partial charge is 0.251 e. The third kappa shape index (κ3) is 2.42. The summed E-state index contributed by atoms with van der Waals surface area (Å²) in [7, 11) is 0. The monoisotopic (exact) mass is 243 g/mol. The lowest BCUT2D eigenvalue weighted by Crippen LogP contribution is -2.22. The lowest BCUT2D eigenvalue weighted by atomic mass is 10.2. The lowest BCUT2D eigenvalue weighted by Gasteiger charge is -2.06. The van der Waals surface area contributed by atoms with Crippen LogP contribution in [0.5, 0.6) is 0 Å². The number of nitrogens with zero attached hydrogens (tertiary/aromatic N) is 2. The normalized spacial score (nSPS) is 10.4. The number of carbonyl (C=O) groups excluding carboxylic acids is 1. The van der Waals surface area contributed by atoms with Gasteiger partial charge in [0.15, 0.2) is 0 Å². The van der Waals surface area contributed by atoms with E-state index in [0.29, 0.717) is 12.1 Å². The fraction of sp³-hybridized carbons (Fsp3) is 0.286. The Hall–Kier alpha value is -2.10. The first-order valence-corrected chi connectivity index (χ1v) is 6.03. The number of hydrogen-bond acceptors (Lipinski definition) is 2. The molecule has 2 rings (SSSR count). The van der Waals surface area contributed by atoms with Gasteiger partial charge in [0.2, 0.25) is 0 Å². The Morgan fingerprint density at radius 2 is 1.94 bits per heavy atom. The van der Waals surface area contributed by atoms with E-state index in [9.17, 15) is 4.79 Å². The molecule has 1 aromatic carbocycles. The molecule has 0 bridgehead atoms. The number of aromatic nitrogens is 2. The van der Waals surface area contributed by atoms with Crippen molar-refractivity contribution >= 4 is 5.91 Å². The van der Waals surface area contributed by atoms with E-state index in [1.54, 1.807) is 0 Å². The average molecular weight is 243 g/mol. The first-order valence-electron chi connectivity index (χ1n) is 6.03. The van der Waals surface area contributed by atoms with Gasteiger partial charge >= 0.3 is 0 Å². The van der Waals surface area contributed by atoms with Crippen LogP contribution < -0.4 is 5.32 Å². The topological polar surface area (TPSA) is 46.9 Å². The van der Waals surface area contributed by atoms with Gasteiger partial charge in [0.1, 0.15) is 0 Å². The van der Waals surface area contributed by atoms with Crippen LogP contribution in [0.2, 0.25) is 0 Å². The predicted molar refractivity (Wildman–Crippen MR) is 71.0 cm³/mol. The van der Waals surface area contributed by atoms with E-state index < -0.39 is 0 Å². The maximum atomic E-state index is 11.6. The summed E-state index contributed by atoms with van der Waals surface area (Å²) in [5.74, 6) is -0.0441. The number of aryl methyl sites for hydroxylation is 2. The van der Waals surface area contributed by atoms with Crippen molar-refractivity contribution in [3.63, 3.8) is 0 Å². The number of carbonyl (C=O) groups is 1. The van der Waals surface area contributed by atoms with Crippen molar-refractivity contribution in [3.8, 4) is 5.69 Å². The van der Waals surface area contributed by atoms with Crippen LogP contribution in [0, 0.1) is 13.8 Å². The van der Waals surface area contributed by atoms with E-state index in [0.717, 1.165) is 17.1 Å². The molecule has 0 aliphatic heterocycles. The van der Waals surface area contributed by atoms with Crippen LogP contribution >= 0.6 is 0 Å². The molecular formula is C14H17N3O. The fourth-order valence-electron chi connectivity index (χ4n) is 1.91. The number of hydrogen-bond donors (Lipinski definition) is 1. The number of amides is 1. The van der Waals surface area contributed by atoms with Gasteiger partial charge < -0.3 is 5.32 Å². The van der Waals surface area contributed by atoms with E-state index in [-0.39, 0.29) is 5.91 Å². The molecule has 0 spiro atoms. The highest BCUT2D eigenvalue weighted by Crippen LogP contribution is 2.13. The second-order valence-corrected chi connectivity index (χ2v) is 4.25. The molecule has 0 atom stereocenters. The molecule has 1 heterocycles. The van der Waals surface area contributed by atoms with Gasteiger partial charge in [0.25, 0.3) is 5.91 Å². The lowest BCUT2D eigenvalue weighted by molar-refractivity contribution is 0.0956. The van der Waals surface area contributed by atoms with Gasteiger partial charge in [-0.2, -0.15) is 5.10 Å². The van der Waals surface area contributed by atoms with E-state index in [1.165, 1.54) is 0 Å². The van der Waals surface area contributed by atoms with Crippen LogP contribution in [-0.2, 0) is 0 Å². The van der Waals surface area contributed by atoms with Crippen molar-refractivity contribution in [2.24, 2.45) is 0 Å². The summed E-state index contributed by atoms with van der Waals surface area (Å²) in [6, 6.07) is 9.47. The number of benzene rings is 1. The van der Waals surface area contributed by atoms with Crippen LogP contribution in [0.15, 0.2) is 30.3 Å². The van der Waals surface area contributed by atoms with Crippen LogP contribution in [0.4, 0.5) is 0 Å². The van der Waals surface area contributed by atoms with E-state index in [4.69, 9.17) is 0 Å². The highest BCUT2D eigenvalue weighted by Gasteiger charge is 2.06. The molecule has 0 aliphatic carbocycles. The molecule has 1 aromatic heterocycles. The van der Waals surface area contributed by atoms with Gasteiger partial charge in [-0.15, -0.1) is 0 Å². The summed E-state index contributed by atoms with van der Waals surface area (Å²) in [6.07, 6.45) is 0. The molecule has 0 saturated heterocycles. The van der Waals surface area contributed by atoms with Gasteiger partial charge in [-0.1, -0.05) is 0 Å². The van der Waals surface area contributed by atoms with Gasteiger partial charge in [-0.05, 0) is 51.1 Å². The SMILES string of the molecule is CCNC(=O)c1ccc(-n2nc(C)cc2C)cc1. The van der Waals surface area contributed by atoms with Gasteiger partial charge in [-0.25, -0.2) is 4.68 Å². The molecule has 4 heteroatoms. The molecule has 94 valence electrons. The summed E-state index contributed by atoms with van der Waals surface area (Å²) in [5.41, 5.74) is 3.70. The fourth-order valence-corrected chi connectivity index (χ4v) is 1.91. The van der Waals surface area contributed by atoms with Crippen molar-refractivity contribution < 1.29 is 4.79 Å². The van der Waals surface area contributed by atoms with E-state index in [2.05, 4.69) is 10.4 Å². The molecule has 0 aliphatic rings. The highest BCUT2D eigenvalue weighted by atomic mass is 16.1. The largest absolute Gasteiger partial charge is 0.352 e. The van der Waals surface area contributed by atoms with Crippen molar-refractivity contribution in [1.29, 1.82) is 0 Å². The molecule has 1 amide bonds. The Labute approximate surface area is 107 Å². The van der Waals surface area contributed by atoms with Gasteiger partial charge in [0, 0.05) is 17.8 Å². The summed E-state index contributed by atoms with van der Waals surface area (Å²) < 4.78 is 1.87. The van der Waals surface area contributed by atoms with Crippen LogP contribution in [0.3, 0.4) is 0 Å². The van der Waals surface area contributed by atoms with Crippen molar-refractivity contribution in [1.82, 2.24) is 15.1 Å². The minimum Gasteiger partial charge on any atom is -0.352 e. The van der Waals surface area contributed by atoms with Crippen molar-refractivity contribution in [3.05, 3.63) is 47.3 Å². The molecule has 2 aromatic rings. The third-order valence-corrected chi connectivity index (χ3v) is 2.72. The standard InChI is InChI=1S/C14H17N3O/c1-4-15-14(18)12-5-7-13(8-6-12)17-11(3)9-10(2)16-17/h5-9H,4H2,1-3H3,(H,15,18). The molecule has 1 N–H and O–H groups in total. The number of rotatable bonds is 3. The summed E-state index contributed by atoms with van der Waals surface area (Å²) in [5, 5.41) is 7.18. The predicted octanol–water partition coefficient (Wildman–Crippen LogP) is 2.24. The molecule has 0 unspecified atom stereocenters. The maximum Gasteiger partial charge on any atom is 0.251 e. The summed E-state index contributed by atoms with van der Waals surface area (Å²) >= 11 is 0. The number of nitrogens with one attached hydrogen (secondary N) is 1. The molecule has 0 radical (unpaired) electrons. The first kappa shape index (κ1) is 12.4. The van der Waals surface area contributed by atoms with Crippen LogP contribution in [-0.4, -0.2) is 22.2 Å². The summed E-state index contributed by atoms with van der Waals surface area (Å²) in [6.45, 7) is 6.52. The Morgan fingerprint density at radius 3 is 2.44 bits per heavy atom. The minimum absolute atomic E-state index is 0.0441. The zero-order valence-corrected chi connectivity index (χ0v) is 10.9. The Bertz CT molecular complexity index is 555. The maximum absolute atomic E-state index is 11.6. The molecule has 18 heavy (non-hydrogen) atoms. The second kappa shape index (κ2) is 5.04. The van der Waals surface area contributed by atoms with Crippen LogP contribution in [0.25, 0.3) is 5.69 Å². The highest BCUT2D eigenvalue weighted by molar-refractivity contribution is 5.94. The third-order valence-electron chi connectivity index (χ3n) is 2.72.